The molecule has 0 saturated heterocycles. The standard InChI is InChI=1S/C9H14N2O2S/c1-9(2,6-12)11-8(13)10-7-4-3-5-14-7/h3-5,12H,6H2,1-2H3,(H2,10,11,13). The Morgan fingerprint density at radius 2 is 2.36 bits per heavy atom. The molecule has 3 N–H and O–H groups in total. The number of aliphatic hydroxyl groups excluding tert-OH is 1. The van der Waals surface area contributed by atoms with Crippen LogP contribution in [0.1, 0.15) is 13.8 Å². The normalized spacial score (nSPS) is 11.1. The summed E-state index contributed by atoms with van der Waals surface area (Å²) < 4.78 is 0. The number of aliphatic hydroxyl groups is 1. The van der Waals surface area contributed by atoms with Gasteiger partial charge in [-0.25, -0.2) is 4.79 Å². The molecule has 0 aliphatic carbocycles. The molecule has 0 bridgehead atoms. The summed E-state index contributed by atoms with van der Waals surface area (Å²) in [6, 6.07) is 3.37. The summed E-state index contributed by atoms with van der Waals surface area (Å²) in [6.07, 6.45) is 0. The number of hydrogen-bond donors (Lipinski definition) is 3. The molecule has 78 valence electrons. The lowest BCUT2D eigenvalue weighted by atomic mass is 10.1. The summed E-state index contributed by atoms with van der Waals surface area (Å²) in [6.45, 7) is 3.41. The summed E-state index contributed by atoms with van der Waals surface area (Å²) >= 11 is 1.45. The van der Waals surface area contributed by atoms with Crippen LogP contribution < -0.4 is 10.6 Å². The van der Waals surface area contributed by atoms with E-state index in [0.717, 1.165) is 5.00 Å². The third-order valence-electron chi connectivity index (χ3n) is 1.61. The van der Waals surface area contributed by atoms with Crippen LogP contribution in [0, 0.1) is 0 Å². The lowest BCUT2D eigenvalue weighted by molar-refractivity contribution is 0.187. The molecule has 0 aliphatic heterocycles. The first kappa shape index (κ1) is 11.0. The van der Waals surface area contributed by atoms with Crippen molar-refractivity contribution in [1.29, 1.82) is 0 Å². The highest BCUT2D eigenvalue weighted by Gasteiger charge is 2.18. The van der Waals surface area contributed by atoms with Crippen molar-refractivity contribution in [2.45, 2.75) is 19.4 Å². The fourth-order valence-corrected chi connectivity index (χ4v) is 1.45. The van der Waals surface area contributed by atoms with Gasteiger partial charge >= 0.3 is 6.03 Å². The van der Waals surface area contributed by atoms with E-state index in [4.69, 9.17) is 5.11 Å². The van der Waals surface area contributed by atoms with Gasteiger partial charge in [0.1, 0.15) is 0 Å². The molecule has 0 fully saturated rings. The van der Waals surface area contributed by atoms with Crippen LogP contribution in [0.25, 0.3) is 0 Å². The third kappa shape index (κ3) is 3.35. The Labute approximate surface area is 87.0 Å². The molecule has 2 amide bonds. The molecular weight excluding hydrogens is 200 g/mol. The van der Waals surface area contributed by atoms with Gasteiger partial charge in [0, 0.05) is 0 Å². The van der Waals surface area contributed by atoms with E-state index >= 15 is 0 Å². The molecule has 0 aliphatic rings. The van der Waals surface area contributed by atoms with Crippen molar-refractivity contribution in [3.05, 3.63) is 17.5 Å². The number of urea groups is 1. The number of carbonyl (C=O) groups excluding carboxylic acids is 1. The third-order valence-corrected chi connectivity index (χ3v) is 2.39. The predicted molar refractivity (Wildman–Crippen MR) is 57.6 cm³/mol. The van der Waals surface area contributed by atoms with Gasteiger partial charge in [-0.1, -0.05) is 0 Å². The predicted octanol–water partition coefficient (Wildman–Crippen LogP) is 1.64. The molecular formula is C9H14N2O2S. The average molecular weight is 214 g/mol. The molecule has 1 aromatic rings. The Bertz CT molecular complexity index is 296. The first-order chi connectivity index (χ1) is 6.53. The number of thiophene rings is 1. The molecule has 1 aromatic heterocycles. The van der Waals surface area contributed by atoms with Gasteiger partial charge < -0.3 is 10.4 Å². The molecule has 0 atom stereocenters. The Balaban J connectivity index is 2.44. The second-order valence-electron chi connectivity index (χ2n) is 3.60. The Kier molecular flexibility index (Phi) is 3.49. The van der Waals surface area contributed by atoms with Gasteiger partial charge in [0.05, 0.1) is 17.1 Å². The molecule has 0 radical (unpaired) electrons. The minimum Gasteiger partial charge on any atom is -0.394 e. The summed E-state index contributed by atoms with van der Waals surface area (Å²) in [5.41, 5.74) is -0.596. The zero-order chi connectivity index (χ0) is 10.6. The SMILES string of the molecule is CC(C)(CO)NC(=O)Nc1cccs1. The van der Waals surface area contributed by atoms with E-state index < -0.39 is 5.54 Å². The maximum atomic E-state index is 11.4. The molecule has 4 nitrogen and oxygen atoms in total. The maximum Gasteiger partial charge on any atom is 0.320 e. The number of amides is 2. The van der Waals surface area contributed by atoms with Crippen LogP contribution in [0.3, 0.4) is 0 Å². The van der Waals surface area contributed by atoms with E-state index in [9.17, 15) is 4.79 Å². The van der Waals surface area contributed by atoms with Crippen molar-refractivity contribution < 1.29 is 9.90 Å². The van der Waals surface area contributed by atoms with Crippen LogP contribution in [0.15, 0.2) is 17.5 Å². The molecule has 0 saturated carbocycles. The lowest BCUT2D eigenvalue weighted by Crippen LogP contribution is -2.48. The molecule has 1 heterocycles. The molecule has 5 heteroatoms. The average Bonchev–Trinajstić information content (AvgIpc) is 2.55. The zero-order valence-corrected chi connectivity index (χ0v) is 9.02. The smallest absolute Gasteiger partial charge is 0.320 e. The fraction of sp³-hybridized carbons (Fsp3) is 0.444. The number of rotatable bonds is 3. The second-order valence-corrected chi connectivity index (χ2v) is 4.55. The van der Waals surface area contributed by atoms with Crippen molar-refractivity contribution in [2.24, 2.45) is 0 Å². The quantitative estimate of drug-likeness (QED) is 0.716. The van der Waals surface area contributed by atoms with Crippen molar-refractivity contribution in [1.82, 2.24) is 5.32 Å². The topological polar surface area (TPSA) is 61.4 Å². The van der Waals surface area contributed by atoms with Crippen LogP contribution in [0.2, 0.25) is 0 Å². The number of carbonyl (C=O) groups is 1. The Morgan fingerprint density at radius 1 is 1.64 bits per heavy atom. The van der Waals surface area contributed by atoms with E-state index in [1.807, 2.05) is 17.5 Å². The number of nitrogens with one attached hydrogen (secondary N) is 2. The van der Waals surface area contributed by atoms with Gasteiger partial charge in [-0.2, -0.15) is 0 Å². The van der Waals surface area contributed by atoms with E-state index in [1.165, 1.54) is 11.3 Å². The summed E-state index contributed by atoms with van der Waals surface area (Å²) in [7, 11) is 0. The largest absolute Gasteiger partial charge is 0.394 e. The van der Waals surface area contributed by atoms with Gasteiger partial charge in [-0.05, 0) is 31.4 Å². The van der Waals surface area contributed by atoms with E-state index in [2.05, 4.69) is 10.6 Å². The molecule has 14 heavy (non-hydrogen) atoms. The van der Waals surface area contributed by atoms with Crippen molar-refractivity contribution in [3.63, 3.8) is 0 Å². The lowest BCUT2D eigenvalue weighted by Gasteiger charge is -2.23. The summed E-state index contributed by atoms with van der Waals surface area (Å²) in [5.74, 6) is 0. The van der Waals surface area contributed by atoms with Crippen molar-refractivity contribution in [3.8, 4) is 0 Å². The fourth-order valence-electron chi connectivity index (χ4n) is 0.840. The van der Waals surface area contributed by atoms with E-state index in [0.29, 0.717) is 0 Å². The first-order valence-electron chi connectivity index (χ1n) is 4.27. The van der Waals surface area contributed by atoms with E-state index in [1.54, 1.807) is 13.8 Å². The van der Waals surface area contributed by atoms with Crippen LogP contribution >= 0.6 is 11.3 Å². The van der Waals surface area contributed by atoms with Gasteiger partial charge in [-0.15, -0.1) is 11.3 Å². The summed E-state index contributed by atoms with van der Waals surface area (Å²) in [4.78, 5) is 11.4. The van der Waals surface area contributed by atoms with Gasteiger partial charge in [0.25, 0.3) is 0 Å². The Morgan fingerprint density at radius 3 is 2.86 bits per heavy atom. The van der Waals surface area contributed by atoms with Gasteiger partial charge in [0.15, 0.2) is 0 Å². The van der Waals surface area contributed by atoms with Gasteiger partial charge in [-0.3, -0.25) is 5.32 Å². The van der Waals surface area contributed by atoms with Crippen molar-refractivity contribution in [2.75, 3.05) is 11.9 Å². The highest BCUT2D eigenvalue weighted by atomic mass is 32.1. The highest BCUT2D eigenvalue weighted by molar-refractivity contribution is 7.14. The number of anilines is 1. The minimum atomic E-state index is -0.596. The molecule has 1 rings (SSSR count). The molecule has 0 spiro atoms. The monoisotopic (exact) mass is 214 g/mol. The first-order valence-corrected chi connectivity index (χ1v) is 5.15. The minimum absolute atomic E-state index is 0.0924. The summed E-state index contributed by atoms with van der Waals surface area (Å²) in [5, 5.41) is 16.9. The molecule has 0 unspecified atom stereocenters. The van der Waals surface area contributed by atoms with E-state index in [-0.39, 0.29) is 12.6 Å². The van der Waals surface area contributed by atoms with Crippen molar-refractivity contribution >= 4 is 22.4 Å². The Hall–Kier alpha value is -1.07. The maximum absolute atomic E-state index is 11.4. The van der Waals surface area contributed by atoms with Crippen LogP contribution in [0.4, 0.5) is 9.80 Å². The van der Waals surface area contributed by atoms with Crippen LogP contribution in [-0.4, -0.2) is 23.3 Å². The zero-order valence-electron chi connectivity index (χ0n) is 8.20. The second kappa shape index (κ2) is 4.43. The molecule has 0 aromatic carbocycles. The van der Waals surface area contributed by atoms with Crippen LogP contribution in [-0.2, 0) is 0 Å². The van der Waals surface area contributed by atoms with Crippen LogP contribution in [0.5, 0.6) is 0 Å². The van der Waals surface area contributed by atoms with Gasteiger partial charge in [0.2, 0.25) is 0 Å². The highest BCUT2D eigenvalue weighted by Crippen LogP contribution is 2.14. The number of hydrogen-bond acceptors (Lipinski definition) is 3.